The maximum absolute atomic E-state index is 10.9. The summed E-state index contributed by atoms with van der Waals surface area (Å²) in [5.74, 6) is -0.941. The van der Waals surface area contributed by atoms with E-state index in [1.54, 1.807) is 31.6 Å². The zero-order valence-electron chi connectivity index (χ0n) is 10.7. The first kappa shape index (κ1) is 12.6. The van der Waals surface area contributed by atoms with E-state index in [9.17, 15) is 4.79 Å². The van der Waals surface area contributed by atoms with Gasteiger partial charge < -0.3 is 14.4 Å². The van der Waals surface area contributed by atoms with E-state index in [0.29, 0.717) is 12.1 Å². The van der Waals surface area contributed by atoms with Crippen LogP contribution in [0.1, 0.15) is 24.2 Å². The molecule has 0 radical (unpaired) electrons. The van der Waals surface area contributed by atoms with Gasteiger partial charge in [0, 0.05) is 7.11 Å². The lowest BCUT2D eigenvalue weighted by Gasteiger charge is -2.23. The van der Waals surface area contributed by atoms with Crippen molar-refractivity contribution in [1.82, 2.24) is 9.55 Å². The van der Waals surface area contributed by atoms with Gasteiger partial charge in [-0.3, -0.25) is 0 Å². The van der Waals surface area contributed by atoms with Crippen molar-refractivity contribution in [3.8, 4) is 0 Å². The number of benzene rings is 1. The molecule has 1 heterocycles. The summed E-state index contributed by atoms with van der Waals surface area (Å²) in [7, 11) is 1.67. The topological polar surface area (TPSA) is 64.4 Å². The van der Waals surface area contributed by atoms with Crippen LogP contribution in [0.15, 0.2) is 24.5 Å². The molecule has 5 heteroatoms. The first-order chi connectivity index (χ1) is 8.43. The van der Waals surface area contributed by atoms with Crippen molar-refractivity contribution in [2.75, 3.05) is 7.11 Å². The fourth-order valence-corrected chi connectivity index (χ4v) is 1.80. The molecule has 96 valence electrons. The third kappa shape index (κ3) is 2.36. The van der Waals surface area contributed by atoms with Crippen LogP contribution in [-0.4, -0.2) is 33.3 Å². The van der Waals surface area contributed by atoms with Crippen LogP contribution in [0.5, 0.6) is 0 Å². The summed E-state index contributed by atoms with van der Waals surface area (Å²) in [6, 6.07) is 4.94. The summed E-state index contributed by atoms with van der Waals surface area (Å²) in [6.45, 7) is 4.64. The molecule has 1 aromatic carbocycles. The number of carboxylic acids is 1. The van der Waals surface area contributed by atoms with Crippen molar-refractivity contribution in [3.63, 3.8) is 0 Å². The monoisotopic (exact) mass is 248 g/mol. The minimum absolute atomic E-state index is 0.249. The number of carboxylic acid groups (broad SMARTS) is 1. The van der Waals surface area contributed by atoms with Gasteiger partial charge in [-0.1, -0.05) is 0 Å². The summed E-state index contributed by atoms with van der Waals surface area (Å²) in [4.78, 5) is 15.1. The Hall–Kier alpha value is -1.88. The van der Waals surface area contributed by atoms with Gasteiger partial charge in [0.1, 0.15) is 0 Å². The Labute approximate surface area is 105 Å². The van der Waals surface area contributed by atoms with E-state index in [1.165, 1.54) is 0 Å². The Morgan fingerprint density at radius 3 is 2.83 bits per heavy atom. The fraction of sp³-hybridized carbons (Fsp3) is 0.385. The van der Waals surface area contributed by atoms with Gasteiger partial charge >= 0.3 is 5.97 Å². The molecule has 2 aromatic rings. The number of imidazole rings is 1. The lowest BCUT2D eigenvalue weighted by molar-refractivity contribution is 0.00900. The van der Waals surface area contributed by atoms with Crippen LogP contribution in [0.4, 0.5) is 0 Å². The molecule has 0 aliphatic heterocycles. The number of ether oxygens (including phenoxy) is 1. The second-order valence-electron chi connectivity index (χ2n) is 4.84. The van der Waals surface area contributed by atoms with Crippen molar-refractivity contribution in [1.29, 1.82) is 0 Å². The molecule has 2 rings (SSSR count). The Morgan fingerprint density at radius 2 is 2.22 bits per heavy atom. The molecular weight excluding hydrogens is 232 g/mol. The molecular formula is C13H16N2O3. The number of nitrogens with zero attached hydrogens (tertiary/aromatic N) is 2. The number of aromatic nitrogens is 2. The fourth-order valence-electron chi connectivity index (χ4n) is 1.80. The minimum Gasteiger partial charge on any atom is -0.478 e. The number of aromatic carboxylic acids is 1. The second kappa shape index (κ2) is 4.42. The summed E-state index contributed by atoms with van der Waals surface area (Å²) >= 11 is 0. The zero-order valence-corrected chi connectivity index (χ0v) is 10.7. The number of fused-ring (bicyclic) bond motifs is 1. The van der Waals surface area contributed by atoms with Gasteiger partial charge in [0.2, 0.25) is 0 Å². The standard InChI is InChI=1S/C13H16N2O3/c1-13(2,18-3)7-15-8-14-10-6-9(12(16)17)4-5-11(10)15/h4-6,8H,7H2,1-3H3,(H,16,17). The van der Waals surface area contributed by atoms with E-state index in [4.69, 9.17) is 9.84 Å². The molecule has 0 aliphatic rings. The summed E-state index contributed by atoms with van der Waals surface area (Å²) in [6.07, 6.45) is 1.71. The highest BCUT2D eigenvalue weighted by Crippen LogP contribution is 2.19. The predicted molar refractivity (Wildman–Crippen MR) is 67.8 cm³/mol. The average Bonchev–Trinajstić information content (AvgIpc) is 2.71. The largest absolute Gasteiger partial charge is 0.478 e. The van der Waals surface area contributed by atoms with Gasteiger partial charge in [-0.2, -0.15) is 0 Å². The van der Waals surface area contributed by atoms with Gasteiger partial charge in [-0.15, -0.1) is 0 Å². The quantitative estimate of drug-likeness (QED) is 0.900. The molecule has 5 nitrogen and oxygen atoms in total. The second-order valence-corrected chi connectivity index (χ2v) is 4.84. The van der Waals surface area contributed by atoms with E-state index in [1.807, 2.05) is 18.4 Å². The summed E-state index contributed by atoms with van der Waals surface area (Å²) in [5, 5.41) is 8.92. The van der Waals surface area contributed by atoms with Crippen molar-refractivity contribution in [2.24, 2.45) is 0 Å². The van der Waals surface area contributed by atoms with E-state index >= 15 is 0 Å². The first-order valence-electron chi connectivity index (χ1n) is 5.66. The minimum atomic E-state index is -0.941. The Kier molecular flexibility index (Phi) is 3.09. The zero-order chi connectivity index (χ0) is 13.3. The smallest absolute Gasteiger partial charge is 0.335 e. The van der Waals surface area contributed by atoms with Crippen LogP contribution in [0.25, 0.3) is 11.0 Å². The number of methoxy groups -OCH3 is 1. The van der Waals surface area contributed by atoms with Crippen LogP contribution < -0.4 is 0 Å². The number of rotatable bonds is 4. The predicted octanol–water partition coefficient (Wildman–Crippen LogP) is 2.16. The molecule has 1 aromatic heterocycles. The van der Waals surface area contributed by atoms with E-state index in [-0.39, 0.29) is 11.2 Å². The van der Waals surface area contributed by atoms with Crippen LogP contribution in [0, 0.1) is 0 Å². The molecule has 0 spiro atoms. The molecule has 0 bridgehead atoms. The molecule has 0 unspecified atom stereocenters. The number of hydrogen-bond donors (Lipinski definition) is 1. The van der Waals surface area contributed by atoms with Crippen LogP contribution >= 0.6 is 0 Å². The Morgan fingerprint density at radius 1 is 1.50 bits per heavy atom. The maximum Gasteiger partial charge on any atom is 0.335 e. The number of carbonyl (C=O) groups is 1. The van der Waals surface area contributed by atoms with Gasteiger partial charge in [-0.25, -0.2) is 9.78 Å². The SMILES string of the molecule is COC(C)(C)Cn1cnc2cc(C(=O)O)ccc21. The molecule has 0 atom stereocenters. The summed E-state index contributed by atoms with van der Waals surface area (Å²) in [5.41, 5.74) is 1.55. The lowest BCUT2D eigenvalue weighted by atomic mass is 10.1. The van der Waals surface area contributed by atoms with Gasteiger partial charge in [0.25, 0.3) is 0 Å². The van der Waals surface area contributed by atoms with E-state index < -0.39 is 5.97 Å². The summed E-state index contributed by atoms with van der Waals surface area (Å²) < 4.78 is 7.34. The first-order valence-corrected chi connectivity index (χ1v) is 5.66. The maximum atomic E-state index is 10.9. The van der Waals surface area contributed by atoms with Crippen molar-refractivity contribution >= 4 is 17.0 Å². The highest BCUT2D eigenvalue weighted by Gasteiger charge is 2.18. The lowest BCUT2D eigenvalue weighted by Crippen LogP contribution is -2.28. The Bertz CT molecular complexity index is 587. The highest BCUT2D eigenvalue weighted by molar-refractivity contribution is 5.92. The molecule has 1 N–H and O–H groups in total. The van der Waals surface area contributed by atoms with Crippen molar-refractivity contribution < 1.29 is 14.6 Å². The van der Waals surface area contributed by atoms with Gasteiger partial charge in [0.05, 0.1) is 35.1 Å². The Balaban J connectivity index is 2.40. The van der Waals surface area contributed by atoms with E-state index in [2.05, 4.69) is 4.98 Å². The van der Waals surface area contributed by atoms with Crippen LogP contribution in [0.2, 0.25) is 0 Å². The molecule has 0 aliphatic carbocycles. The van der Waals surface area contributed by atoms with Crippen LogP contribution in [-0.2, 0) is 11.3 Å². The molecule has 0 saturated heterocycles. The van der Waals surface area contributed by atoms with E-state index in [0.717, 1.165) is 5.52 Å². The van der Waals surface area contributed by atoms with Crippen molar-refractivity contribution in [2.45, 2.75) is 26.0 Å². The van der Waals surface area contributed by atoms with Gasteiger partial charge in [0.15, 0.2) is 0 Å². The average molecular weight is 248 g/mol. The molecule has 18 heavy (non-hydrogen) atoms. The highest BCUT2D eigenvalue weighted by atomic mass is 16.5. The molecule has 0 saturated carbocycles. The number of hydrogen-bond acceptors (Lipinski definition) is 3. The van der Waals surface area contributed by atoms with Crippen LogP contribution in [0.3, 0.4) is 0 Å². The molecule has 0 fully saturated rings. The molecule has 0 amide bonds. The third-order valence-electron chi connectivity index (χ3n) is 2.97. The van der Waals surface area contributed by atoms with Gasteiger partial charge in [-0.05, 0) is 32.0 Å². The normalized spacial score (nSPS) is 11.9. The third-order valence-corrected chi connectivity index (χ3v) is 2.97. The van der Waals surface area contributed by atoms with Crippen molar-refractivity contribution in [3.05, 3.63) is 30.1 Å².